The summed E-state index contributed by atoms with van der Waals surface area (Å²) in [6, 6.07) is 10.4. The molecule has 3 rings (SSSR count). The highest BCUT2D eigenvalue weighted by molar-refractivity contribution is 8.18. The van der Waals surface area contributed by atoms with Gasteiger partial charge in [-0.05, 0) is 74.0 Å². The molecule has 0 unspecified atom stereocenters. The molecule has 7 nitrogen and oxygen atoms in total. The molecule has 0 aliphatic carbocycles. The van der Waals surface area contributed by atoms with Crippen LogP contribution in [0.2, 0.25) is 5.02 Å². The number of nitrogens with zero attached hydrogens (tertiary/aromatic N) is 1. The van der Waals surface area contributed by atoms with Crippen LogP contribution in [0.3, 0.4) is 0 Å². The molecule has 0 bridgehead atoms. The first kappa shape index (κ1) is 23.7. The molecule has 2 aromatic carbocycles. The molecule has 1 heterocycles. The van der Waals surface area contributed by atoms with Crippen molar-refractivity contribution in [2.24, 2.45) is 0 Å². The van der Waals surface area contributed by atoms with Crippen molar-refractivity contribution in [2.45, 2.75) is 20.8 Å². The van der Waals surface area contributed by atoms with E-state index in [0.29, 0.717) is 41.0 Å². The Bertz CT molecular complexity index is 1090. The van der Waals surface area contributed by atoms with Crippen LogP contribution in [0.5, 0.6) is 11.5 Å². The summed E-state index contributed by atoms with van der Waals surface area (Å²) in [5.74, 6) is 0.148. The predicted molar refractivity (Wildman–Crippen MR) is 126 cm³/mol. The molecule has 0 atom stereocenters. The van der Waals surface area contributed by atoms with Crippen LogP contribution in [0.1, 0.15) is 25.0 Å². The van der Waals surface area contributed by atoms with Crippen molar-refractivity contribution in [1.82, 2.24) is 4.90 Å². The molecule has 1 fully saturated rings. The van der Waals surface area contributed by atoms with Gasteiger partial charge in [-0.3, -0.25) is 19.3 Å². The predicted octanol–water partition coefficient (Wildman–Crippen LogP) is 5.12. The van der Waals surface area contributed by atoms with Gasteiger partial charge in [0.2, 0.25) is 5.91 Å². The van der Waals surface area contributed by atoms with E-state index < -0.39 is 17.1 Å². The summed E-state index contributed by atoms with van der Waals surface area (Å²) < 4.78 is 11.2. The molecule has 3 amide bonds. The maximum Gasteiger partial charge on any atom is 0.294 e. The second-order valence-electron chi connectivity index (χ2n) is 6.85. The number of hydrogen-bond donors (Lipinski definition) is 1. The van der Waals surface area contributed by atoms with Crippen LogP contribution in [0.4, 0.5) is 10.5 Å². The summed E-state index contributed by atoms with van der Waals surface area (Å²) in [4.78, 5) is 38.7. The molecule has 1 saturated heterocycles. The maximum atomic E-state index is 12.8. The number of aryl methyl sites for hydroxylation is 1. The quantitative estimate of drug-likeness (QED) is 0.534. The lowest BCUT2D eigenvalue weighted by molar-refractivity contribution is -0.127. The molecule has 1 N–H and O–H groups in total. The zero-order valence-corrected chi connectivity index (χ0v) is 19.5. The second kappa shape index (κ2) is 10.6. The molecule has 0 radical (unpaired) electrons. The molecule has 0 aromatic heterocycles. The van der Waals surface area contributed by atoms with Crippen molar-refractivity contribution in [3.63, 3.8) is 0 Å². The second-order valence-corrected chi connectivity index (χ2v) is 8.28. The van der Waals surface area contributed by atoms with E-state index >= 15 is 0 Å². The van der Waals surface area contributed by atoms with Gasteiger partial charge < -0.3 is 14.8 Å². The minimum absolute atomic E-state index is 0.230. The Morgan fingerprint density at radius 2 is 1.81 bits per heavy atom. The standard InChI is InChI=1S/C23H23ClN2O5S/c1-4-30-18-9-7-15(10-19(18)31-5-2)11-20-22(28)26(23(29)32-20)13-21(27)25-17-12-16(24)8-6-14(17)3/h6-12H,4-5,13H2,1-3H3,(H,25,27)/b20-11+. The third-order valence-corrected chi connectivity index (χ3v) is 5.66. The Labute approximate surface area is 195 Å². The molecule has 9 heteroatoms. The lowest BCUT2D eigenvalue weighted by Crippen LogP contribution is -2.36. The Balaban J connectivity index is 1.74. The Kier molecular flexibility index (Phi) is 7.82. The van der Waals surface area contributed by atoms with E-state index in [9.17, 15) is 14.4 Å². The van der Waals surface area contributed by atoms with Crippen LogP contribution in [-0.4, -0.2) is 41.7 Å². The average Bonchev–Trinajstić information content (AvgIpc) is 3.00. The average molecular weight is 475 g/mol. The lowest BCUT2D eigenvalue weighted by atomic mass is 10.2. The van der Waals surface area contributed by atoms with Gasteiger partial charge in [0.15, 0.2) is 11.5 Å². The summed E-state index contributed by atoms with van der Waals surface area (Å²) in [6.45, 7) is 6.13. The van der Waals surface area contributed by atoms with Crippen LogP contribution in [0.15, 0.2) is 41.3 Å². The van der Waals surface area contributed by atoms with Gasteiger partial charge in [0, 0.05) is 10.7 Å². The van der Waals surface area contributed by atoms with Gasteiger partial charge in [0.1, 0.15) is 6.54 Å². The number of ether oxygens (including phenoxy) is 2. The zero-order chi connectivity index (χ0) is 23.3. The molecule has 32 heavy (non-hydrogen) atoms. The number of benzene rings is 2. The third-order valence-electron chi connectivity index (χ3n) is 4.51. The van der Waals surface area contributed by atoms with E-state index in [0.717, 1.165) is 22.2 Å². The molecule has 1 aliphatic heterocycles. The van der Waals surface area contributed by atoms with Crippen LogP contribution in [-0.2, 0) is 9.59 Å². The molecular formula is C23H23ClN2O5S. The Hall–Kier alpha value is -2.97. The smallest absolute Gasteiger partial charge is 0.294 e. The monoisotopic (exact) mass is 474 g/mol. The van der Waals surface area contributed by atoms with Crippen LogP contribution in [0, 0.1) is 6.92 Å². The topological polar surface area (TPSA) is 84.9 Å². The highest BCUT2D eigenvalue weighted by atomic mass is 35.5. The molecule has 168 valence electrons. The Morgan fingerprint density at radius 1 is 1.09 bits per heavy atom. The van der Waals surface area contributed by atoms with Crippen molar-refractivity contribution in [3.8, 4) is 11.5 Å². The number of imide groups is 1. The SMILES string of the molecule is CCOc1ccc(/C=C2/SC(=O)N(CC(=O)Nc3cc(Cl)ccc3C)C2=O)cc1OCC. The summed E-state index contributed by atoms with van der Waals surface area (Å²) in [5.41, 5.74) is 2.03. The normalized spacial score (nSPS) is 14.8. The van der Waals surface area contributed by atoms with Gasteiger partial charge in [-0.15, -0.1) is 0 Å². The van der Waals surface area contributed by atoms with E-state index in [1.165, 1.54) is 0 Å². The highest BCUT2D eigenvalue weighted by Gasteiger charge is 2.36. The van der Waals surface area contributed by atoms with Gasteiger partial charge in [-0.1, -0.05) is 23.7 Å². The van der Waals surface area contributed by atoms with Gasteiger partial charge in [0.25, 0.3) is 11.1 Å². The molecule has 1 aliphatic rings. The summed E-state index contributed by atoms with van der Waals surface area (Å²) in [5, 5.41) is 2.66. The molecule has 2 aromatic rings. The minimum Gasteiger partial charge on any atom is -0.490 e. The van der Waals surface area contributed by atoms with E-state index in [1.807, 2.05) is 20.8 Å². The highest BCUT2D eigenvalue weighted by Crippen LogP contribution is 2.34. The summed E-state index contributed by atoms with van der Waals surface area (Å²) >= 11 is 6.76. The van der Waals surface area contributed by atoms with E-state index in [-0.39, 0.29) is 11.4 Å². The lowest BCUT2D eigenvalue weighted by Gasteiger charge is -2.14. The third kappa shape index (κ3) is 5.63. The van der Waals surface area contributed by atoms with E-state index in [1.54, 1.807) is 42.5 Å². The number of carbonyl (C=O) groups excluding carboxylic acids is 3. The van der Waals surface area contributed by atoms with E-state index in [4.69, 9.17) is 21.1 Å². The number of anilines is 1. The van der Waals surface area contributed by atoms with E-state index in [2.05, 4.69) is 5.32 Å². The van der Waals surface area contributed by atoms with Crippen molar-refractivity contribution >= 4 is 52.2 Å². The van der Waals surface area contributed by atoms with Gasteiger partial charge >= 0.3 is 0 Å². The molecular weight excluding hydrogens is 452 g/mol. The fraction of sp³-hybridized carbons (Fsp3) is 0.261. The number of halogens is 1. The minimum atomic E-state index is -0.523. The van der Waals surface area contributed by atoms with Crippen LogP contribution >= 0.6 is 23.4 Å². The number of rotatable bonds is 8. The van der Waals surface area contributed by atoms with Gasteiger partial charge in [-0.25, -0.2) is 0 Å². The number of hydrogen-bond acceptors (Lipinski definition) is 6. The summed E-state index contributed by atoms with van der Waals surface area (Å²) in [6.07, 6.45) is 1.60. The first-order chi connectivity index (χ1) is 15.3. The first-order valence-corrected chi connectivity index (χ1v) is 11.2. The Morgan fingerprint density at radius 3 is 2.53 bits per heavy atom. The van der Waals surface area contributed by atoms with Gasteiger partial charge in [-0.2, -0.15) is 0 Å². The zero-order valence-electron chi connectivity index (χ0n) is 17.9. The van der Waals surface area contributed by atoms with Gasteiger partial charge in [0.05, 0.1) is 18.1 Å². The van der Waals surface area contributed by atoms with Crippen molar-refractivity contribution in [1.29, 1.82) is 0 Å². The number of amides is 3. The van der Waals surface area contributed by atoms with Crippen molar-refractivity contribution in [2.75, 3.05) is 25.1 Å². The fourth-order valence-electron chi connectivity index (χ4n) is 3.01. The first-order valence-electron chi connectivity index (χ1n) is 10.0. The van der Waals surface area contributed by atoms with Crippen molar-refractivity contribution in [3.05, 3.63) is 57.5 Å². The fourth-order valence-corrected chi connectivity index (χ4v) is 4.02. The number of thioether (sulfide) groups is 1. The largest absolute Gasteiger partial charge is 0.490 e. The summed E-state index contributed by atoms with van der Waals surface area (Å²) in [7, 11) is 0. The maximum absolute atomic E-state index is 12.8. The number of carbonyl (C=O) groups is 3. The molecule has 0 spiro atoms. The molecule has 0 saturated carbocycles. The van der Waals surface area contributed by atoms with Crippen LogP contribution in [0.25, 0.3) is 6.08 Å². The number of nitrogens with one attached hydrogen (secondary N) is 1. The van der Waals surface area contributed by atoms with Crippen LogP contribution < -0.4 is 14.8 Å². The van der Waals surface area contributed by atoms with Crippen molar-refractivity contribution < 1.29 is 23.9 Å².